The minimum absolute atomic E-state index is 0.437. The molecule has 0 fully saturated rings. The molecule has 1 aliphatic heterocycles. The molecule has 1 aliphatic rings. The molecule has 0 unspecified atom stereocenters. The van der Waals surface area contributed by atoms with Crippen molar-refractivity contribution in [3.8, 4) is 0 Å². The third kappa shape index (κ3) is 2.21. The van der Waals surface area contributed by atoms with Crippen LogP contribution in [0.3, 0.4) is 0 Å². The lowest BCUT2D eigenvalue weighted by Gasteiger charge is -1.93. The van der Waals surface area contributed by atoms with Gasteiger partial charge in [0.15, 0.2) is 0 Å². The third-order valence-corrected chi connectivity index (χ3v) is 0.888. The molecule has 1 heterocycles. The zero-order valence-corrected chi connectivity index (χ0v) is 5.49. The fourth-order valence-electron chi connectivity index (χ4n) is 0.463. The number of hydrogen-bond donors (Lipinski definition) is 1. The average molecular weight is 136 g/mol. The first kappa shape index (κ1) is 6.67. The minimum atomic E-state index is 0.437. The molecule has 0 amide bonds. The van der Waals surface area contributed by atoms with Gasteiger partial charge in [0.05, 0.1) is 6.34 Å². The summed E-state index contributed by atoms with van der Waals surface area (Å²) in [5.74, 6) is 0.567. The quantitative estimate of drug-likeness (QED) is 0.507. The summed E-state index contributed by atoms with van der Waals surface area (Å²) < 4.78 is 0. The standard InChI is InChI=1S/C6H8N4/c1-6-9-3-2-7-4-8-5-10-6/h2-3,5H,1,4H2,(H,8,10). The smallest absolute Gasteiger partial charge is 0.131 e. The highest BCUT2D eigenvalue weighted by molar-refractivity contribution is 6.16. The topological polar surface area (TPSA) is 49.1 Å². The van der Waals surface area contributed by atoms with Crippen LogP contribution in [-0.2, 0) is 0 Å². The summed E-state index contributed by atoms with van der Waals surface area (Å²) in [4.78, 5) is 11.6. The Morgan fingerprint density at radius 3 is 3.20 bits per heavy atom. The van der Waals surface area contributed by atoms with Gasteiger partial charge >= 0.3 is 0 Å². The number of nitrogens with zero attached hydrogens (tertiary/aromatic N) is 3. The van der Waals surface area contributed by atoms with Crippen molar-refractivity contribution in [1.29, 1.82) is 0 Å². The lowest BCUT2D eigenvalue weighted by atomic mass is 10.7. The van der Waals surface area contributed by atoms with E-state index in [9.17, 15) is 0 Å². The van der Waals surface area contributed by atoms with Crippen LogP contribution >= 0.6 is 0 Å². The molecule has 52 valence electrons. The van der Waals surface area contributed by atoms with E-state index in [1.54, 1.807) is 12.4 Å². The molecule has 10 heavy (non-hydrogen) atoms. The zero-order valence-electron chi connectivity index (χ0n) is 5.49. The molecule has 0 aromatic carbocycles. The molecule has 0 aromatic heterocycles. The fraction of sp³-hybridized carbons (Fsp3) is 0.167. The van der Waals surface area contributed by atoms with Gasteiger partial charge in [0, 0.05) is 12.4 Å². The maximum atomic E-state index is 3.87. The maximum Gasteiger partial charge on any atom is 0.131 e. The SMILES string of the molecule is C=C1N=CC=NCN=CN1. The molecule has 0 saturated carbocycles. The van der Waals surface area contributed by atoms with Crippen LogP contribution in [0.25, 0.3) is 0 Å². The maximum absolute atomic E-state index is 3.87. The van der Waals surface area contributed by atoms with E-state index in [1.165, 1.54) is 6.34 Å². The first-order valence-corrected chi connectivity index (χ1v) is 2.86. The van der Waals surface area contributed by atoms with Crippen molar-refractivity contribution >= 4 is 18.8 Å². The highest BCUT2D eigenvalue weighted by Crippen LogP contribution is 1.82. The van der Waals surface area contributed by atoms with Gasteiger partial charge < -0.3 is 5.32 Å². The van der Waals surface area contributed by atoms with Gasteiger partial charge in [-0.3, -0.25) is 9.98 Å². The van der Waals surface area contributed by atoms with Crippen molar-refractivity contribution in [1.82, 2.24) is 5.32 Å². The van der Waals surface area contributed by atoms with E-state index in [4.69, 9.17) is 0 Å². The van der Waals surface area contributed by atoms with Gasteiger partial charge in [0.25, 0.3) is 0 Å². The second-order valence-corrected chi connectivity index (χ2v) is 1.65. The Morgan fingerprint density at radius 1 is 1.40 bits per heavy atom. The lowest BCUT2D eigenvalue weighted by molar-refractivity contribution is 1.05. The summed E-state index contributed by atoms with van der Waals surface area (Å²) in [6.45, 7) is 4.03. The largest absolute Gasteiger partial charge is 0.332 e. The Kier molecular flexibility index (Phi) is 2.37. The molecule has 4 nitrogen and oxygen atoms in total. The predicted octanol–water partition coefficient (Wildman–Crippen LogP) is 0.188. The zero-order chi connectivity index (χ0) is 7.23. The highest BCUT2D eigenvalue weighted by Gasteiger charge is 1.82. The second-order valence-electron chi connectivity index (χ2n) is 1.65. The first-order chi connectivity index (χ1) is 4.89. The van der Waals surface area contributed by atoms with Crippen LogP contribution in [0.1, 0.15) is 0 Å². The molecule has 0 spiro atoms. The van der Waals surface area contributed by atoms with E-state index in [0.717, 1.165) is 0 Å². The van der Waals surface area contributed by atoms with Crippen LogP contribution in [0.15, 0.2) is 27.4 Å². The Balaban J connectivity index is 2.62. The number of rotatable bonds is 0. The van der Waals surface area contributed by atoms with Gasteiger partial charge in [0.1, 0.15) is 12.5 Å². The molecule has 0 saturated heterocycles. The summed E-state index contributed by atoms with van der Waals surface area (Å²) in [5, 5.41) is 2.76. The third-order valence-electron chi connectivity index (χ3n) is 0.888. The van der Waals surface area contributed by atoms with Crippen LogP contribution in [0, 0.1) is 0 Å². The van der Waals surface area contributed by atoms with E-state index in [2.05, 4.69) is 26.9 Å². The number of aliphatic imine (C=N–C) groups is 3. The van der Waals surface area contributed by atoms with E-state index in [0.29, 0.717) is 12.5 Å². The van der Waals surface area contributed by atoms with Crippen LogP contribution < -0.4 is 5.32 Å². The summed E-state index contributed by atoms with van der Waals surface area (Å²) >= 11 is 0. The lowest BCUT2D eigenvalue weighted by Crippen LogP contribution is -2.07. The summed E-state index contributed by atoms with van der Waals surface area (Å²) in [5.41, 5.74) is 0. The second kappa shape index (κ2) is 3.55. The fourth-order valence-corrected chi connectivity index (χ4v) is 0.463. The van der Waals surface area contributed by atoms with Crippen LogP contribution in [0.5, 0.6) is 0 Å². The van der Waals surface area contributed by atoms with Crippen molar-refractivity contribution in [3.63, 3.8) is 0 Å². The van der Waals surface area contributed by atoms with Crippen molar-refractivity contribution in [2.45, 2.75) is 0 Å². The van der Waals surface area contributed by atoms with Gasteiger partial charge in [-0.05, 0) is 0 Å². The minimum Gasteiger partial charge on any atom is -0.332 e. The Morgan fingerprint density at radius 2 is 2.30 bits per heavy atom. The molecule has 0 atom stereocenters. The monoisotopic (exact) mass is 136 g/mol. The molecule has 1 rings (SSSR count). The predicted molar refractivity (Wildman–Crippen MR) is 42.6 cm³/mol. The van der Waals surface area contributed by atoms with Crippen molar-refractivity contribution in [2.75, 3.05) is 6.67 Å². The van der Waals surface area contributed by atoms with Crippen molar-refractivity contribution < 1.29 is 0 Å². The van der Waals surface area contributed by atoms with Gasteiger partial charge in [-0.2, -0.15) is 0 Å². The summed E-state index contributed by atoms with van der Waals surface area (Å²) in [6, 6.07) is 0. The van der Waals surface area contributed by atoms with Gasteiger partial charge in [0.2, 0.25) is 0 Å². The van der Waals surface area contributed by atoms with E-state index < -0.39 is 0 Å². The molecule has 0 aromatic rings. The summed E-state index contributed by atoms with van der Waals surface area (Å²) in [6.07, 6.45) is 4.70. The van der Waals surface area contributed by atoms with Gasteiger partial charge in [-0.15, -0.1) is 0 Å². The number of nitrogens with one attached hydrogen (secondary N) is 1. The first-order valence-electron chi connectivity index (χ1n) is 2.86. The Labute approximate surface area is 59.1 Å². The van der Waals surface area contributed by atoms with Crippen LogP contribution in [0.4, 0.5) is 0 Å². The molecular formula is C6H8N4. The highest BCUT2D eigenvalue weighted by atomic mass is 15.1. The van der Waals surface area contributed by atoms with E-state index >= 15 is 0 Å². The van der Waals surface area contributed by atoms with Gasteiger partial charge in [-0.1, -0.05) is 6.58 Å². The molecule has 0 radical (unpaired) electrons. The van der Waals surface area contributed by atoms with E-state index in [1.807, 2.05) is 0 Å². The molecule has 0 aliphatic carbocycles. The van der Waals surface area contributed by atoms with Crippen molar-refractivity contribution in [2.24, 2.45) is 15.0 Å². The van der Waals surface area contributed by atoms with Crippen LogP contribution in [0.2, 0.25) is 0 Å². The molecular weight excluding hydrogens is 128 g/mol. The van der Waals surface area contributed by atoms with E-state index in [-0.39, 0.29) is 0 Å². The Bertz CT molecular complexity index is 202. The molecule has 1 N–H and O–H groups in total. The summed E-state index contributed by atoms with van der Waals surface area (Å²) in [7, 11) is 0. The average Bonchev–Trinajstić information content (AvgIpc) is 2.02. The number of hydrogen-bond acceptors (Lipinski definition) is 4. The molecule has 0 bridgehead atoms. The van der Waals surface area contributed by atoms with Crippen LogP contribution in [-0.4, -0.2) is 25.4 Å². The Hall–Kier alpha value is -1.45. The van der Waals surface area contributed by atoms with Crippen molar-refractivity contribution in [3.05, 3.63) is 12.4 Å². The molecule has 4 heteroatoms. The van der Waals surface area contributed by atoms with Gasteiger partial charge in [-0.25, -0.2) is 4.99 Å². The normalized spacial score (nSPS) is 17.4.